The molecule has 2 heterocycles. The van der Waals surface area contributed by atoms with Crippen LogP contribution in [0.15, 0.2) is 65.5 Å². The van der Waals surface area contributed by atoms with Crippen molar-refractivity contribution in [2.24, 2.45) is 5.92 Å². The van der Waals surface area contributed by atoms with Crippen LogP contribution in [-0.4, -0.2) is 25.8 Å². The van der Waals surface area contributed by atoms with Gasteiger partial charge in [-0.25, -0.2) is 4.68 Å². The summed E-state index contributed by atoms with van der Waals surface area (Å²) < 4.78 is 1.23. The molecule has 0 bridgehead atoms. The summed E-state index contributed by atoms with van der Waals surface area (Å²) in [6, 6.07) is 19.8. The number of hydrogen-bond acceptors (Lipinski definition) is 5. The predicted molar refractivity (Wildman–Crippen MR) is 130 cm³/mol. The van der Waals surface area contributed by atoms with Crippen molar-refractivity contribution < 1.29 is 4.79 Å². The Morgan fingerprint density at radius 1 is 1.06 bits per heavy atom. The molecule has 2 aromatic heterocycles. The lowest BCUT2D eigenvalue weighted by Gasteiger charge is -2.23. The number of nitrogens with zero attached hydrogens (tertiary/aromatic N) is 4. The number of thiophene rings is 1. The molecule has 1 amide bonds. The van der Waals surface area contributed by atoms with E-state index in [4.69, 9.17) is 0 Å². The molecule has 1 unspecified atom stereocenters. The van der Waals surface area contributed by atoms with Crippen LogP contribution >= 0.6 is 11.3 Å². The van der Waals surface area contributed by atoms with Gasteiger partial charge in [-0.05, 0) is 41.9 Å². The van der Waals surface area contributed by atoms with E-state index in [1.807, 2.05) is 60.7 Å². The highest BCUT2D eigenvalue weighted by Crippen LogP contribution is 2.35. The first-order valence-electron chi connectivity index (χ1n) is 11.3. The van der Waals surface area contributed by atoms with Gasteiger partial charge in [0.1, 0.15) is 6.54 Å². The Kier molecular flexibility index (Phi) is 6.05. The van der Waals surface area contributed by atoms with Gasteiger partial charge < -0.3 is 4.90 Å². The second-order valence-electron chi connectivity index (χ2n) is 8.81. The van der Waals surface area contributed by atoms with Crippen LogP contribution in [0.25, 0.3) is 10.2 Å². The van der Waals surface area contributed by atoms with Crippen molar-refractivity contribution in [1.29, 1.82) is 0 Å². The number of amides is 1. The smallest absolute Gasteiger partial charge is 0.279 e. The average molecular weight is 459 g/mol. The molecule has 168 valence electrons. The number of aromatic nitrogens is 3. The number of fused-ring (bicyclic) bond motifs is 3. The lowest BCUT2D eigenvalue weighted by atomic mass is 9.89. The van der Waals surface area contributed by atoms with Gasteiger partial charge in [-0.3, -0.25) is 9.59 Å². The molecule has 2 aromatic carbocycles. The van der Waals surface area contributed by atoms with E-state index in [9.17, 15) is 9.59 Å². The van der Waals surface area contributed by atoms with Crippen LogP contribution in [0.1, 0.15) is 34.9 Å². The Labute approximate surface area is 196 Å². The standard InChI is InChI=1S/C26H26N4O2S/c1-18-12-13-21-22(14-18)33-25-24(21)26(32)30(28-27-25)17-23(31)29(15-19-8-4-2-5-9-19)16-20-10-6-3-7-11-20/h2-11,18H,12-17H2,1H3. The molecule has 0 spiro atoms. The van der Waals surface area contributed by atoms with Gasteiger partial charge in [-0.1, -0.05) is 72.8 Å². The van der Waals surface area contributed by atoms with E-state index in [2.05, 4.69) is 17.2 Å². The molecule has 1 atom stereocenters. The number of rotatable bonds is 6. The molecule has 0 aliphatic heterocycles. The fraction of sp³-hybridized carbons (Fsp3) is 0.308. The van der Waals surface area contributed by atoms with Crippen molar-refractivity contribution in [3.63, 3.8) is 0 Å². The molecular weight excluding hydrogens is 432 g/mol. The number of benzene rings is 2. The second kappa shape index (κ2) is 9.27. The van der Waals surface area contributed by atoms with Crippen LogP contribution < -0.4 is 5.56 Å². The molecule has 7 heteroatoms. The Hall–Kier alpha value is -3.32. The number of carbonyl (C=O) groups is 1. The molecule has 0 saturated heterocycles. The van der Waals surface area contributed by atoms with E-state index in [0.717, 1.165) is 36.0 Å². The summed E-state index contributed by atoms with van der Waals surface area (Å²) in [6.45, 7) is 3.04. The molecule has 4 aromatic rings. The van der Waals surface area contributed by atoms with Crippen LogP contribution in [0, 0.1) is 5.92 Å². The first-order chi connectivity index (χ1) is 16.1. The summed E-state index contributed by atoms with van der Waals surface area (Å²) in [5.74, 6) is 0.461. The van der Waals surface area contributed by atoms with Gasteiger partial charge in [0.2, 0.25) is 5.91 Å². The summed E-state index contributed by atoms with van der Waals surface area (Å²) in [6.07, 6.45) is 2.94. The molecule has 1 aliphatic rings. The third kappa shape index (κ3) is 4.59. The SMILES string of the molecule is CC1CCc2c(sc3nnn(CC(=O)N(Cc4ccccc4)Cc4ccccc4)c(=O)c23)C1. The normalized spacial score (nSPS) is 15.4. The maximum absolute atomic E-state index is 13.4. The molecule has 0 saturated carbocycles. The largest absolute Gasteiger partial charge is 0.332 e. The summed E-state index contributed by atoms with van der Waals surface area (Å²) in [7, 11) is 0. The minimum absolute atomic E-state index is 0.123. The maximum Gasteiger partial charge on any atom is 0.279 e. The van der Waals surface area contributed by atoms with Crippen LogP contribution in [0.4, 0.5) is 0 Å². The van der Waals surface area contributed by atoms with E-state index in [0.29, 0.717) is 29.2 Å². The second-order valence-corrected chi connectivity index (χ2v) is 9.89. The fourth-order valence-corrected chi connectivity index (χ4v) is 5.78. The van der Waals surface area contributed by atoms with E-state index >= 15 is 0 Å². The van der Waals surface area contributed by atoms with Gasteiger partial charge >= 0.3 is 0 Å². The summed E-state index contributed by atoms with van der Waals surface area (Å²) in [5.41, 5.74) is 2.98. The fourth-order valence-electron chi connectivity index (χ4n) is 4.46. The molecule has 0 N–H and O–H groups in total. The topological polar surface area (TPSA) is 68.1 Å². The number of hydrogen-bond donors (Lipinski definition) is 0. The Morgan fingerprint density at radius 3 is 2.33 bits per heavy atom. The zero-order valence-corrected chi connectivity index (χ0v) is 19.4. The Bertz CT molecular complexity index is 1290. The summed E-state index contributed by atoms with van der Waals surface area (Å²) >= 11 is 1.57. The predicted octanol–water partition coefficient (Wildman–Crippen LogP) is 4.21. The van der Waals surface area contributed by atoms with Gasteiger partial charge in [0, 0.05) is 18.0 Å². The summed E-state index contributed by atoms with van der Waals surface area (Å²) in [4.78, 5) is 30.4. The molecule has 0 fully saturated rings. The van der Waals surface area contributed by atoms with E-state index in [1.54, 1.807) is 16.2 Å². The first kappa shape index (κ1) is 21.5. The van der Waals surface area contributed by atoms with Gasteiger partial charge in [-0.15, -0.1) is 16.4 Å². The van der Waals surface area contributed by atoms with Gasteiger partial charge in [-0.2, -0.15) is 0 Å². The zero-order valence-electron chi connectivity index (χ0n) is 18.6. The molecule has 1 aliphatic carbocycles. The van der Waals surface area contributed by atoms with Crippen LogP contribution in [-0.2, 0) is 37.3 Å². The van der Waals surface area contributed by atoms with Crippen molar-refractivity contribution in [2.45, 2.75) is 45.8 Å². The Morgan fingerprint density at radius 2 is 1.70 bits per heavy atom. The van der Waals surface area contributed by atoms with Gasteiger partial charge in [0.05, 0.1) is 5.39 Å². The van der Waals surface area contributed by atoms with E-state index in [-0.39, 0.29) is 18.0 Å². The first-order valence-corrected chi connectivity index (χ1v) is 12.1. The Balaban J connectivity index is 1.44. The highest BCUT2D eigenvalue weighted by Gasteiger charge is 2.25. The van der Waals surface area contributed by atoms with Crippen molar-refractivity contribution in [3.05, 3.63) is 92.6 Å². The van der Waals surface area contributed by atoms with E-state index < -0.39 is 0 Å². The number of carbonyl (C=O) groups excluding carboxylic acids is 1. The van der Waals surface area contributed by atoms with Crippen LogP contribution in [0.2, 0.25) is 0 Å². The van der Waals surface area contributed by atoms with Gasteiger partial charge in [0.15, 0.2) is 4.83 Å². The van der Waals surface area contributed by atoms with Crippen molar-refractivity contribution in [2.75, 3.05) is 0 Å². The number of aryl methyl sites for hydroxylation is 1. The molecule has 6 nitrogen and oxygen atoms in total. The van der Waals surface area contributed by atoms with Crippen molar-refractivity contribution in [1.82, 2.24) is 19.9 Å². The quantitative estimate of drug-likeness (QED) is 0.434. The minimum atomic E-state index is -0.209. The van der Waals surface area contributed by atoms with Crippen molar-refractivity contribution >= 4 is 27.5 Å². The van der Waals surface area contributed by atoms with Gasteiger partial charge in [0.25, 0.3) is 5.56 Å². The van der Waals surface area contributed by atoms with Crippen LogP contribution in [0.3, 0.4) is 0 Å². The molecule has 0 radical (unpaired) electrons. The minimum Gasteiger partial charge on any atom is -0.332 e. The third-order valence-electron chi connectivity index (χ3n) is 6.26. The molecular formula is C26H26N4O2S. The lowest BCUT2D eigenvalue weighted by molar-refractivity contribution is -0.133. The third-order valence-corrected chi connectivity index (χ3v) is 7.39. The zero-order chi connectivity index (χ0) is 22.8. The van der Waals surface area contributed by atoms with Crippen molar-refractivity contribution in [3.8, 4) is 0 Å². The maximum atomic E-state index is 13.4. The highest BCUT2D eigenvalue weighted by atomic mass is 32.1. The lowest BCUT2D eigenvalue weighted by Crippen LogP contribution is -2.37. The monoisotopic (exact) mass is 458 g/mol. The molecule has 33 heavy (non-hydrogen) atoms. The summed E-state index contributed by atoms with van der Waals surface area (Å²) in [5, 5.41) is 9.09. The molecule has 5 rings (SSSR count). The highest BCUT2D eigenvalue weighted by molar-refractivity contribution is 7.18. The van der Waals surface area contributed by atoms with E-state index in [1.165, 1.54) is 9.56 Å². The average Bonchev–Trinajstić information content (AvgIpc) is 3.20. The van der Waals surface area contributed by atoms with Crippen LogP contribution in [0.5, 0.6) is 0 Å².